The number of aliphatic carboxylic acids is 1. The molecule has 0 aromatic carbocycles. The number of hydrogen-bond acceptors (Lipinski definition) is 3. The van der Waals surface area contributed by atoms with Crippen molar-refractivity contribution in [2.75, 3.05) is 13.1 Å². The van der Waals surface area contributed by atoms with E-state index in [2.05, 4.69) is 26.1 Å². The largest absolute Gasteiger partial charge is 0.481 e. The molecule has 1 aromatic rings. The Morgan fingerprint density at radius 3 is 2.81 bits per heavy atom. The van der Waals surface area contributed by atoms with Gasteiger partial charge < -0.3 is 10.0 Å². The molecule has 0 spiro atoms. The van der Waals surface area contributed by atoms with Crippen molar-refractivity contribution in [1.82, 2.24) is 15.1 Å². The molecule has 2 fully saturated rings. The van der Waals surface area contributed by atoms with Gasteiger partial charge in [-0.3, -0.25) is 14.7 Å². The lowest BCUT2D eigenvalue weighted by Crippen LogP contribution is -2.48. The molecule has 1 saturated carbocycles. The van der Waals surface area contributed by atoms with Crippen LogP contribution in [0.3, 0.4) is 0 Å². The summed E-state index contributed by atoms with van der Waals surface area (Å²) in [6.07, 6.45) is 3.54. The van der Waals surface area contributed by atoms with Crippen LogP contribution in [0, 0.1) is 5.41 Å². The Labute approximate surface area is 131 Å². The minimum absolute atomic E-state index is 0.197. The maximum Gasteiger partial charge on any atom is 0.311 e. The van der Waals surface area contributed by atoms with E-state index in [-0.39, 0.29) is 12.5 Å². The molecular formula is C14H18BrN3O3. The summed E-state index contributed by atoms with van der Waals surface area (Å²) in [5, 5.41) is 16.4. The van der Waals surface area contributed by atoms with Gasteiger partial charge in [0, 0.05) is 19.0 Å². The first-order valence-electron chi connectivity index (χ1n) is 7.19. The van der Waals surface area contributed by atoms with Crippen molar-refractivity contribution in [2.45, 2.75) is 38.5 Å². The third-order valence-electron chi connectivity index (χ3n) is 4.42. The lowest BCUT2D eigenvalue weighted by molar-refractivity contribution is -0.150. The number of amides is 1. The second-order valence-corrected chi connectivity index (χ2v) is 7.06. The second-order valence-electron chi connectivity index (χ2n) is 6.27. The number of carboxylic acid groups (broad SMARTS) is 1. The lowest BCUT2D eigenvalue weighted by atomic mass is 9.82. The summed E-state index contributed by atoms with van der Waals surface area (Å²) >= 11 is 3.46. The number of rotatable bonds is 3. The van der Waals surface area contributed by atoms with Gasteiger partial charge in [-0.05, 0) is 48.5 Å². The van der Waals surface area contributed by atoms with Gasteiger partial charge in [0.05, 0.1) is 15.6 Å². The standard InChI is InChI=1S/C14H18BrN3O3/c1-14(13(20)21)5-2-6-18(7-14)12(19)11-9(15)10(16-17-11)8-3-4-8/h8H,2-7H2,1H3,(H,16,17)(H,20,21). The van der Waals surface area contributed by atoms with Crippen LogP contribution in [0.1, 0.15) is 54.7 Å². The average molecular weight is 356 g/mol. The van der Waals surface area contributed by atoms with Gasteiger partial charge in [0.1, 0.15) is 0 Å². The van der Waals surface area contributed by atoms with Crippen LogP contribution in [0.2, 0.25) is 0 Å². The van der Waals surface area contributed by atoms with E-state index in [9.17, 15) is 14.7 Å². The average Bonchev–Trinajstić information content (AvgIpc) is 3.21. The Kier molecular flexibility index (Phi) is 3.55. The molecule has 0 radical (unpaired) electrons. The zero-order chi connectivity index (χ0) is 15.2. The highest BCUT2D eigenvalue weighted by Gasteiger charge is 2.40. The lowest BCUT2D eigenvalue weighted by Gasteiger charge is -2.37. The van der Waals surface area contributed by atoms with Crippen molar-refractivity contribution in [3.8, 4) is 0 Å². The Morgan fingerprint density at radius 1 is 1.48 bits per heavy atom. The quantitative estimate of drug-likeness (QED) is 0.871. The summed E-state index contributed by atoms with van der Waals surface area (Å²) < 4.78 is 0.734. The maximum atomic E-state index is 12.6. The minimum Gasteiger partial charge on any atom is -0.481 e. The number of nitrogens with one attached hydrogen (secondary N) is 1. The summed E-state index contributed by atoms with van der Waals surface area (Å²) in [5.74, 6) is -0.573. The highest BCUT2D eigenvalue weighted by molar-refractivity contribution is 9.10. The number of carboxylic acids is 1. The molecule has 2 N–H and O–H groups in total. The smallest absolute Gasteiger partial charge is 0.311 e. The monoisotopic (exact) mass is 355 g/mol. The van der Waals surface area contributed by atoms with Crippen LogP contribution in [0.15, 0.2) is 4.47 Å². The zero-order valence-corrected chi connectivity index (χ0v) is 13.4. The Bertz CT molecular complexity index is 596. The summed E-state index contributed by atoms with van der Waals surface area (Å²) in [4.78, 5) is 25.6. The molecule has 1 unspecified atom stereocenters. The SMILES string of the molecule is CC1(C(=O)O)CCCN(C(=O)c2n[nH]c(C3CC3)c2Br)C1. The molecule has 7 heteroatoms. The number of piperidine rings is 1. The summed E-state index contributed by atoms with van der Waals surface area (Å²) in [6, 6.07) is 0. The van der Waals surface area contributed by atoms with Crippen molar-refractivity contribution < 1.29 is 14.7 Å². The number of aromatic amines is 1. The van der Waals surface area contributed by atoms with Crippen LogP contribution in [-0.4, -0.2) is 45.2 Å². The van der Waals surface area contributed by atoms with Crippen molar-refractivity contribution in [1.29, 1.82) is 0 Å². The van der Waals surface area contributed by atoms with Crippen LogP contribution >= 0.6 is 15.9 Å². The summed E-state index contributed by atoms with van der Waals surface area (Å²) in [5.41, 5.74) is 0.485. The fraction of sp³-hybridized carbons (Fsp3) is 0.643. The third-order valence-corrected chi connectivity index (χ3v) is 5.22. The zero-order valence-electron chi connectivity index (χ0n) is 11.9. The maximum absolute atomic E-state index is 12.6. The van der Waals surface area contributed by atoms with Crippen molar-refractivity contribution in [3.63, 3.8) is 0 Å². The number of aromatic nitrogens is 2. The molecule has 21 heavy (non-hydrogen) atoms. The Hall–Kier alpha value is -1.37. The topological polar surface area (TPSA) is 86.3 Å². The van der Waals surface area contributed by atoms with Gasteiger partial charge in [-0.25, -0.2) is 0 Å². The van der Waals surface area contributed by atoms with Gasteiger partial charge in [0.15, 0.2) is 5.69 Å². The van der Waals surface area contributed by atoms with Crippen molar-refractivity contribution in [2.24, 2.45) is 5.41 Å². The molecule has 114 valence electrons. The van der Waals surface area contributed by atoms with E-state index in [1.807, 2.05) is 0 Å². The highest BCUT2D eigenvalue weighted by Crippen LogP contribution is 2.43. The molecule has 1 aliphatic heterocycles. The molecule has 3 rings (SSSR count). The molecule has 1 atom stereocenters. The number of carbonyl (C=O) groups excluding carboxylic acids is 1. The van der Waals surface area contributed by atoms with Gasteiger partial charge in [-0.1, -0.05) is 0 Å². The fourth-order valence-electron chi connectivity index (χ4n) is 2.86. The van der Waals surface area contributed by atoms with E-state index < -0.39 is 11.4 Å². The molecule has 2 aliphatic rings. The summed E-state index contributed by atoms with van der Waals surface area (Å²) in [7, 11) is 0. The van der Waals surface area contributed by atoms with E-state index in [1.54, 1.807) is 11.8 Å². The Balaban J connectivity index is 1.80. The Morgan fingerprint density at radius 2 is 2.19 bits per heavy atom. The van der Waals surface area contributed by atoms with Gasteiger partial charge in [-0.2, -0.15) is 5.10 Å². The molecule has 1 amide bonds. The predicted octanol–water partition coefficient (Wildman–Crippen LogP) is 2.38. The first-order valence-corrected chi connectivity index (χ1v) is 7.98. The van der Waals surface area contributed by atoms with Crippen molar-refractivity contribution >= 4 is 27.8 Å². The first kappa shape index (κ1) is 14.6. The number of nitrogens with zero attached hydrogens (tertiary/aromatic N) is 2. The molecule has 2 heterocycles. The number of hydrogen-bond donors (Lipinski definition) is 2. The fourth-order valence-corrected chi connectivity index (χ4v) is 3.53. The van der Waals surface area contributed by atoms with Gasteiger partial charge in [0.2, 0.25) is 0 Å². The predicted molar refractivity (Wildman–Crippen MR) is 79.1 cm³/mol. The van der Waals surface area contributed by atoms with Crippen molar-refractivity contribution in [3.05, 3.63) is 15.9 Å². The van der Waals surface area contributed by atoms with Crippen LogP contribution in [0.5, 0.6) is 0 Å². The first-order chi connectivity index (χ1) is 9.92. The van der Waals surface area contributed by atoms with E-state index >= 15 is 0 Å². The molecule has 1 aliphatic carbocycles. The van der Waals surface area contributed by atoms with Gasteiger partial charge >= 0.3 is 5.97 Å². The van der Waals surface area contributed by atoms with E-state index in [0.29, 0.717) is 31.0 Å². The highest BCUT2D eigenvalue weighted by atomic mass is 79.9. The van der Waals surface area contributed by atoms with E-state index in [4.69, 9.17) is 0 Å². The third kappa shape index (κ3) is 2.59. The van der Waals surface area contributed by atoms with Crippen LogP contribution in [-0.2, 0) is 4.79 Å². The molecule has 6 nitrogen and oxygen atoms in total. The molecular weight excluding hydrogens is 338 g/mol. The van der Waals surface area contributed by atoms with Crippen LogP contribution < -0.4 is 0 Å². The number of carbonyl (C=O) groups is 2. The van der Waals surface area contributed by atoms with Gasteiger partial charge in [-0.15, -0.1) is 0 Å². The van der Waals surface area contributed by atoms with E-state index in [1.165, 1.54) is 0 Å². The molecule has 1 aromatic heterocycles. The minimum atomic E-state index is -0.865. The van der Waals surface area contributed by atoms with E-state index in [0.717, 1.165) is 23.0 Å². The number of likely N-dealkylation sites (tertiary alicyclic amines) is 1. The van der Waals surface area contributed by atoms with Crippen LogP contribution in [0.25, 0.3) is 0 Å². The van der Waals surface area contributed by atoms with Gasteiger partial charge in [0.25, 0.3) is 5.91 Å². The summed E-state index contributed by atoms with van der Waals surface area (Å²) in [6.45, 7) is 2.52. The second kappa shape index (κ2) is 5.12. The number of H-pyrrole nitrogens is 1. The molecule has 1 saturated heterocycles. The van der Waals surface area contributed by atoms with Crippen LogP contribution in [0.4, 0.5) is 0 Å². The number of halogens is 1. The normalized spacial score (nSPS) is 25.9. The molecule has 0 bridgehead atoms.